The van der Waals surface area contributed by atoms with Gasteiger partial charge in [0.2, 0.25) is 0 Å². The Hall–Kier alpha value is -1.78. The second kappa shape index (κ2) is 5.47. The zero-order valence-electron chi connectivity index (χ0n) is 9.44. The van der Waals surface area contributed by atoms with Gasteiger partial charge >= 0.3 is 0 Å². The van der Waals surface area contributed by atoms with Crippen molar-refractivity contribution in [1.82, 2.24) is 0 Å². The first-order valence-corrected chi connectivity index (χ1v) is 5.96. The molecule has 0 heterocycles. The van der Waals surface area contributed by atoms with Crippen LogP contribution in [0.15, 0.2) is 41.6 Å². The first kappa shape index (κ1) is 13.6. The Morgan fingerprint density at radius 2 is 1.68 bits per heavy atom. The molecule has 0 aliphatic carbocycles. The molecular weight excluding hydrogens is 292 g/mol. The van der Waals surface area contributed by atoms with Crippen molar-refractivity contribution in [3.05, 3.63) is 63.4 Å². The van der Waals surface area contributed by atoms with E-state index in [9.17, 15) is 9.50 Å². The first-order valence-electron chi connectivity index (χ1n) is 5.20. The second-order valence-electron chi connectivity index (χ2n) is 3.69. The Morgan fingerprint density at radius 3 is 2.32 bits per heavy atom. The van der Waals surface area contributed by atoms with Crippen molar-refractivity contribution >= 4 is 28.9 Å². The van der Waals surface area contributed by atoms with Gasteiger partial charge in [-0.25, -0.2) is 4.39 Å². The minimum atomic E-state index is -0.560. The molecule has 6 heteroatoms. The number of phenolic OH excluding ortho intramolecular Hbond substituents is 1. The third kappa shape index (κ3) is 2.50. The van der Waals surface area contributed by atoms with Crippen molar-refractivity contribution in [3.8, 4) is 5.75 Å². The standard InChI is InChI=1S/C13H8Cl2FNO2/c14-11-8(5-6-10(18)12(11)15)13(17-19)7-3-1-2-4-9(7)16/h1-6,18-19H. The molecule has 2 rings (SSSR count). The smallest absolute Gasteiger partial charge is 0.135 e. The van der Waals surface area contributed by atoms with Gasteiger partial charge < -0.3 is 10.3 Å². The van der Waals surface area contributed by atoms with Crippen LogP contribution >= 0.6 is 23.2 Å². The predicted octanol–water partition coefficient (Wildman–Crippen LogP) is 4.06. The van der Waals surface area contributed by atoms with Gasteiger partial charge in [0, 0.05) is 11.1 Å². The molecule has 0 saturated heterocycles. The van der Waals surface area contributed by atoms with Crippen molar-refractivity contribution in [2.75, 3.05) is 0 Å². The molecule has 2 aromatic rings. The van der Waals surface area contributed by atoms with Crippen LogP contribution in [0, 0.1) is 5.82 Å². The van der Waals surface area contributed by atoms with Gasteiger partial charge in [0.1, 0.15) is 22.3 Å². The molecule has 0 fully saturated rings. The largest absolute Gasteiger partial charge is 0.506 e. The van der Waals surface area contributed by atoms with E-state index < -0.39 is 5.82 Å². The van der Waals surface area contributed by atoms with Crippen LogP contribution in [0.5, 0.6) is 5.75 Å². The topological polar surface area (TPSA) is 52.8 Å². The second-order valence-corrected chi connectivity index (χ2v) is 4.44. The number of nitrogens with zero attached hydrogens (tertiary/aromatic N) is 1. The maximum atomic E-state index is 13.7. The van der Waals surface area contributed by atoms with Gasteiger partial charge in [0.15, 0.2) is 0 Å². The Morgan fingerprint density at radius 1 is 1.00 bits per heavy atom. The average Bonchev–Trinajstić information content (AvgIpc) is 2.41. The number of rotatable bonds is 2. The third-order valence-corrected chi connectivity index (χ3v) is 3.42. The van der Waals surface area contributed by atoms with E-state index in [1.807, 2.05) is 0 Å². The van der Waals surface area contributed by atoms with Crippen LogP contribution in [-0.2, 0) is 0 Å². The fourth-order valence-corrected chi connectivity index (χ4v) is 2.04. The molecule has 2 N–H and O–H groups in total. The van der Waals surface area contributed by atoms with Gasteiger partial charge in [-0.3, -0.25) is 0 Å². The molecule has 0 unspecified atom stereocenters. The molecule has 2 aromatic carbocycles. The van der Waals surface area contributed by atoms with Crippen LogP contribution in [0.2, 0.25) is 10.0 Å². The molecule has 3 nitrogen and oxygen atoms in total. The molecule has 0 atom stereocenters. The monoisotopic (exact) mass is 299 g/mol. The number of halogens is 3. The van der Waals surface area contributed by atoms with Crippen molar-refractivity contribution in [1.29, 1.82) is 0 Å². The highest BCUT2D eigenvalue weighted by atomic mass is 35.5. The van der Waals surface area contributed by atoms with Crippen molar-refractivity contribution in [2.45, 2.75) is 0 Å². The molecule has 0 radical (unpaired) electrons. The van der Waals surface area contributed by atoms with E-state index in [1.165, 1.54) is 30.3 Å². The lowest BCUT2D eigenvalue weighted by Crippen LogP contribution is -2.07. The highest BCUT2D eigenvalue weighted by Crippen LogP contribution is 2.35. The molecule has 0 amide bonds. The summed E-state index contributed by atoms with van der Waals surface area (Å²) in [5.41, 5.74) is 0.232. The molecule has 0 spiro atoms. The van der Waals surface area contributed by atoms with Gasteiger partial charge in [-0.05, 0) is 24.3 Å². The van der Waals surface area contributed by atoms with Gasteiger partial charge in [-0.15, -0.1) is 0 Å². The first-order chi connectivity index (χ1) is 9.06. The summed E-state index contributed by atoms with van der Waals surface area (Å²) in [6.07, 6.45) is 0. The summed E-state index contributed by atoms with van der Waals surface area (Å²) in [5.74, 6) is -0.767. The molecule has 19 heavy (non-hydrogen) atoms. The zero-order valence-corrected chi connectivity index (χ0v) is 11.0. The van der Waals surface area contributed by atoms with E-state index in [2.05, 4.69) is 5.16 Å². The number of aromatic hydroxyl groups is 1. The van der Waals surface area contributed by atoms with Gasteiger partial charge in [0.25, 0.3) is 0 Å². The fourth-order valence-electron chi connectivity index (χ4n) is 1.63. The lowest BCUT2D eigenvalue weighted by molar-refractivity contribution is 0.319. The van der Waals surface area contributed by atoms with Gasteiger partial charge in [-0.2, -0.15) is 0 Å². The van der Waals surface area contributed by atoms with Crippen molar-refractivity contribution < 1.29 is 14.7 Å². The lowest BCUT2D eigenvalue weighted by atomic mass is 10.0. The maximum absolute atomic E-state index is 13.7. The summed E-state index contributed by atoms with van der Waals surface area (Å²) in [5, 5.41) is 21.5. The Labute approximate surface area is 118 Å². The molecule has 0 aliphatic heterocycles. The Bertz CT molecular complexity index is 659. The SMILES string of the molecule is ON=C(c1ccccc1F)c1ccc(O)c(Cl)c1Cl. The maximum Gasteiger partial charge on any atom is 0.135 e. The summed E-state index contributed by atoms with van der Waals surface area (Å²) < 4.78 is 13.7. The van der Waals surface area contributed by atoms with Gasteiger partial charge in [0.05, 0.1) is 5.02 Å². The average molecular weight is 300 g/mol. The summed E-state index contributed by atoms with van der Waals surface area (Å²) >= 11 is 11.8. The van der Waals surface area contributed by atoms with Crippen LogP contribution in [0.1, 0.15) is 11.1 Å². The highest BCUT2D eigenvalue weighted by molar-refractivity contribution is 6.45. The molecule has 98 valence electrons. The van der Waals surface area contributed by atoms with E-state index in [0.717, 1.165) is 0 Å². The van der Waals surface area contributed by atoms with E-state index in [-0.39, 0.29) is 32.6 Å². The normalized spacial score (nSPS) is 11.6. The summed E-state index contributed by atoms with van der Waals surface area (Å²) in [7, 11) is 0. The highest BCUT2D eigenvalue weighted by Gasteiger charge is 2.18. The van der Waals surface area contributed by atoms with Crippen LogP contribution < -0.4 is 0 Å². The number of phenols is 1. The minimum absolute atomic E-state index is 0.0160. The van der Waals surface area contributed by atoms with E-state index in [4.69, 9.17) is 28.4 Å². The molecule has 0 saturated carbocycles. The van der Waals surface area contributed by atoms with E-state index in [1.54, 1.807) is 6.07 Å². The fraction of sp³-hybridized carbons (Fsp3) is 0. The minimum Gasteiger partial charge on any atom is -0.506 e. The van der Waals surface area contributed by atoms with Crippen LogP contribution in [0.25, 0.3) is 0 Å². The lowest BCUT2D eigenvalue weighted by Gasteiger charge is -2.10. The third-order valence-electron chi connectivity index (χ3n) is 2.55. The Kier molecular flexibility index (Phi) is 3.93. The summed E-state index contributed by atoms with van der Waals surface area (Å²) in [6, 6.07) is 8.47. The van der Waals surface area contributed by atoms with E-state index in [0.29, 0.717) is 0 Å². The Balaban J connectivity index is 2.63. The van der Waals surface area contributed by atoms with Crippen LogP contribution in [0.4, 0.5) is 4.39 Å². The number of hydrogen-bond acceptors (Lipinski definition) is 3. The molecule has 0 aliphatic rings. The molecule has 0 aromatic heterocycles. The molecule has 0 bridgehead atoms. The van der Waals surface area contributed by atoms with Crippen molar-refractivity contribution in [3.63, 3.8) is 0 Å². The van der Waals surface area contributed by atoms with Crippen LogP contribution in [0.3, 0.4) is 0 Å². The quantitative estimate of drug-likeness (QED) is 0.499. The number of benzene rings is 2. The predicted molar refractivity (Wildman–Crippen MR) is 72.0 cm³/mol. The summed E-state index contributed by atoms with van der Waals surface area (Å²) in [6.45, 7) is 0. The number of oxime groups is 1. The van der Waals surface area contributed by atoms with E-state index >= 15 is 0 Å². The molecular formula is C13H8Cl2FNO2. The summed E-state index contributed by atoms with van der Waals surface area (Å²) in [4.78, 5) is 0. The van der Waals surface area contributed by atoms with Gasteiger partial charge in [-0.1, -0.05) is 40.5 Å². The zero-order chi connectivity index (χ0) is 14.0. The number of hydrogen-bond donors (Lipinski definition) is 2. The van der Waals surface area contributed by atoms with Crippen LogP contribution in [-0.4, -0.2) is 16.0 Å². The van der Waals surface area contributed by atoms with Crippen molar-refractivity contribution in [2.24, 2.45) is 5.16 Å².